The third-order valence-electron chi connectivity index (χ3n) is 3.19. The maximum Gasteiger partial charge on any atom is 0.349 e. The summed E-state index contributed by atoms with van der Waals surface area (Å²) in [5.41, 5.74) is 1.51. The van der Waals surface area contributed by atoms with Gasteiger partial charge in [-0.25, -0.2) is 4.79 Å². The van der Waals surface area contributed by atoms with Gasteiger partial charge in [0, 0.05) is 12.2 Å². The number of hydrogen-bond donors (Lipinski definition) is 0. The van der Waals surface area contributed by atoms with Crippen LogP contribution in [0.15, 0.2) is 41.8 Å². The van der Waals surface area contributed by atoms with Crippen LogP contribution in [0, 0.1) is 18.3 Å². The largest absolute Gasteiger partial charge is 0.451 e. The summed E-state index contributed by atoms with van der Waals surface area (Å²) >= 11 is 1.29. The van der Waals surface area contributed by atoms with Crippen molar-refractivity contribution in [1.29, 1.82) is 5.26 Å². The number of nitrogens with zero attached hydrogens (tertiary/aromatic N) is 2. The molecule has 1 amide bonds. The minimum Gasteiger partial charge on any atom is -0.451 e. The summed E-state index contributed by atoms with van der Waals surface area (Å²) in [6.45, 7) is 1.73. The molecule has 0 unspecified atom stereocenters. The number of hydrogen-bond acceptors (Lipinski definition) is 5. The van der Waals surface area contributed by atoms with E-state index < -0.39 is 5.97 Å². The number of esters is 1. The Kier molecular flexibility index (Phi) is 5.89. The van der Waals surface area contributed by atoms with E-state index in [1.807, 2.05) is 37.3 Å². The van der Waals surface area contributed by atoms with Crippen molar-refractivity contribution >= 4 is 28.9 Å². The molecule has 23 heavy (non-hydrogen) atoms. The number of thiophene rings is 1. The Morgan fingerprint density at radius 1 is 1.26 bits per heavy atom. The second-order valence-electron chi connectivity index (χ2n) is 4.80. The summed E-state index contributed by atoms with van der Waals surface area (Å²) in [5.74, 6) is -0.854. The number of anilines is 1. The highest BCUT2D eigenvalue weighted by atomic mass is 32.1. The average Bonchev–Trinajstić information content (AvgIpc) is 3.00. The Labute approximate surface area is 138 Å². The summed E-state index contributed by atoms with van der Waals surface area (Å²) in [6.07, 6.45) is 0.207. The van der Waals surface area contributed by atoms with Gasteiger partial charge in [0.05, 0.1) is 12.5 Å². The lowest BCUT2D eigenvalue weighted by Crippen LogP contribution is -2.35. The second-order valence-corrected chi connectivity index (χ2v) is 5.71. The molecular formula is C17H16N2O3S. The molecule has 0 fully saturated rings. The molecule has 0 aliphatic rings. The molecule has 2 rings (SSSR count). The van der Waals surface area contributed by atoms with Gasteiger partial charge in [-0.15, -0.1) is 11.3 Å². The van der Waals surface area contributed by atoms with Crippen LogP contribution < -0.4 is 4.90 Å². The maximum absolute atomic E-state index is 12.4. The molecule has 0 atom stereocenters. The zero-order valence-corrected chi connectivity index (χ0v) is 13.5. The third-order valence-corrected chi connectivity index (χ3v) is 4.19. The molecule has 118 valence electrons. The standard InChI is InChI=1S/C17H16N2O3S/c1-13-8-11-23-16(13)17(21)22-12-15(20)19(10-5-9-18)14-6-3-2-4-7-14/h2-4,6-8,11H,5,10,12H2,1H3. The van der Waals surface area contributed by atoms with Gasteiger partial charge in [0.1, 0.15) is 4.88 Å². The van der Waals surface area contributed by atoms with Crippen LogP contribution in [0.4, 0.5) is 5.69 Å². The van der Waals surface area contributed by atoms with Crippen LogP contribution in [0.1, 0.15) is 21.7 Å². The number of nitriles is 1. The Hall–Kier alpha value is -2.65. The van der Waals surface area contributed by atoms with Crippen molar-refractivity contribution in [2.24, 2.45) is 0 Å². The van der Waals surface area contributed by atoms with Crippen LogP contribution in [0.2, 0.25) is 0 Å². The van der Waals surface area contributed by atoms with Gasteiger partial charge in [-0.1, -0.05) is 18.2 Å². The third kappa shape index (κ3) is 4.41. The molecule has 1 aromatic carbocycles. The summed E-state index contributed by atoms with van der Waals surface area (Å²) in [6, 6.07) is 12.9. The molecule has 0 bridgehead atoms. The zero-order chi connectivity index (χ0) is 16.7. The summed E-state index contributed by atoms with van der Waals surface area (Å²) < 4.78 is 5.11. The Bertz CT molecular complexity index is 719. The lowest BCUT2D eigenvalue weighted by molar-refractivity contribution is -0.121. The van der Waals surface area contributed by atoms with E-state index in [1.165, 1.54) is 16.2 Å². The van der Waals surface area contributed by atoms with E-state index in [0.29, 0.717) is 10.6 Å². The van der Waals surface area contributed by atoms with Crippen LogP contribution in [-0.4, -0.2) is 25.0 Å². The number of ether oxygens (including phenoxy) is 1. The minimum absolute atomic E-state index is 0.207. The van der Waals surface area contributed by atoms with Crippen molar-refractivity contribution in [1.82, 2.24) is 0 Å². The SMILES string of the molecule is Cc1ccsc1C(=O)OCC(=O)N(CCC#N)c1ccccc1. The van der Waals surface area contributed by atoms with Crippen LogP contribution in [-0.2, 0) is 9.53 Å². The molecule has 0 aliphatic carbocycles. The highest BCUT2D eigenvalue weighted by Crippen LogP contribution is 2.17. The zero-order valence-electron chi connectivity index (χ0n) is 12.7. The van der Waals surface area contributed by atoms with Crippen molar-refractivity contribution in [3.05, 3.63) is 52.2 Å². The molecule has 0 N–H and O–H groups in total. The van der Waals surface area contributed by atoms with Crippen molar-refractivity contribution < 1.29 is 14.3 Å². The number of para-hydroxylation sites is 1. The summed E-state index contributed by atoms with van der Waals surface area (Å²) in [5, 5.41) is 10.5. The fraction of sp³-hybridized carbons (Fsp3) is 0.235. The van der Waals surface area contributed by atoms with Gasteiger partial charge in [-0.2, -0.15) is 5.26 Å². The van der Waals surface area contributed by atoms with Crippen molar-refractivity contribution in [2.45, 2.75) is 13.3 Å². The fourth-order valence-electron chi connectivity index (χ4n) is 2.02. The van der Waals surface area contributed by atoms with Gasteiger partial charge >= 0.3 is 5.97 Å². The van der Waals surface area contributed by atoms with Gasteiger partial charge in [-0.05, 0) is 36.1 Å². The van der Waals surface area contributed by atoms with E-state index in [-0.39, 0.29) is 25.5 Å². The minimum atomic E-state index is -0.501. The summed E-state index contributed by atoms with van der Waals surface area (Å²) in [7, 11) is 0. The lowest BCUT2D eigenvalue weighted by atomic mass is 10.2. The molecule has 1 aromatic heterocycles. The van der Waals surface area contributed by atoms with Crippen molar-refractivity contribution in [3.63, 3.8) is 0 Å². The van der Waals surface area contributed by atoms with Gasteiger partial charge < -0.3 is 9.64 Å². The normalized spacial score (nSPS) is 9.91. The predicted octanol–water partition coefficient (Wildman–Crippen LogP) is 3.16. The Morgan fingerprint density at radius 3 is 2.61 bits per heavy atom. The van der Waals surface area contributed by atoms with Gasteiger partial charge in [-0.3, -0.25) is 4.79 Å². The van der Waals surface area contributed by atoms with Crippen molar-refractivity contribution in [2.75, 3.05) is 18.1 Å². The van der Waals surface area contributed by atoms with E-state index in [4.69, 9.17) is 10.00 Å². The number of amides is 1. The lowest BCUT2D eigenvalue weighted by Gasteiger charge is -2.21. The molecule has 1 heterocycles. The molecule has 6 heteroatoms. The van der Waals surface area contributed by atoms with Gasteiger partial charge in [0.2, 0.25) is 0 Å². The van der Waals surface area contributed by atoms with Crippen molar-refractivity contribution in [3.8, 4) is 6.07 Å². The Morgan fingerprint density at radius 2 is 2.00 bits per heavy atom. The number of carbonyl (C=O) groups is 2. The molecule has 0 saturated heterocycles. The molecular weight excluding hydrogens is 312 g/mol. The smallest absolute Gasteiger partial charge is 0.349 e. The first-order valence-corrected chi connectivity index (χ1v) is 7.95. The topological polar surface area (TPSA) is 70.4 Å². The van der Waals surface area contributed by atoms with E-state index in [9.17, 15) is 9.59 Å². The fourth-order valence-corrected chi connectivity index (χ4v) is 2.84. The summed E-state index contributed by atoms with van der Waals surface area (Å²) in [4.78, 5) is 26.3. The predicted molar refractivity (Wildman–Crippen MR) is 88.4 cm³/mol. The van der Waals surface area contributed by atoms with Gasteiger partial charge in [0.25, 0.3) is 5.91 Å². The second kappa shape index (κ2) is 8.11. The first kappa shape index (κ1) is 16.7. The molecule has 2 aromatic rings. The first-order chi connectivity index (χ1) is 11.1. The van der Waals surface area contributed by atoms with E-state index in [0.717, 1.165) is 5.56 Å². The maximum atomic E-state index is 12.4. The van der Waals surface area contributed by atoms with Crippen LogP contribution in [0.5, 0.6) is 0 Å². The first-order valence-electron chi connectivity index (χ1n) is 7.07. The van der Waals surface area contributed by atoms with Crippen LogP contribution in [0.3, 0.4) is 0 Å². The van der Waals surface area contributed by atoms with Crippen LogP contribution >= 0.6 is 11.3 Å². The van der Waals surface area contributed by atoms with E-state index in [1.54, 1.807) is 17.5 Å². The number of aryl methyl sites for hydroxylation is 1. The van der Waals surface area contributed by atoms with E-state index in [2.05, 4.69) is 0 Å². The highest BCUT2D eigenvalue weighted by molar-refractivity contribution is 7.12. The van der Waals surface area contributed by atoms with Crippen LogP contribution in [0.25, 0.3) is 0 Å². The quantitative estimate of drug-likeness (QED) is 0.764. The monoisotopic (exact) mass is 328 g/mol. The Balaban J connectivity index is 2.02. The molecule has 5 nitrogen and oxygen atoms in total. The molecule has 0 saturated carbocycles. The number of carbonyl (C=O) groups excluding carboxylic acids is 2. The molecule has 0 spiro atoms. The van der Waals surface area contributed by atoms with Gasteiger partial charge in [0.15, 0.2) is 6.61 Å². The van der Waals surface area contributed by atoms with E-state index >= 15 is 0 Å². The average molecular weight is 328 g/mol. The number of benzene rings is 1. The molecule has 0 aliphatic heterocycles. The number of rotatable bonds is 6. The molecule has 0 radical (unpaired) electrons. The highest BCUT2D eigenvalue weighted by Gasteiger charge is 2.19.